The first kappa shape index (κ1) is 18.7. The minimum Gasteiger partial charge on any atom is -0.336 e. The second-order valence-electron chi connectivity index (χ2n) is 7.80. The SMILES string of the molecule is Cn1cncc1CN1C(=O)NC(CCc2ccccc2)(C2CCNCC2)C1=O. The van der Waals surface area contributed by atoms with Crippen LogP contribution in [0.15, 0.2) is 42.9 Å². The molecule has 2 fully saturated rings. The van der Waals surface area contributed by atoms with Crippen LogP contribution in [0, 0.1) is 5.92 Å². The zero-order valence-electron chi connectivity index (χ0n) is 16.2. The largest absolute Gasteiger partial charge is 0.336 e. The number of piperidine rings is 1. The Kier molecular flexibility index (Phi) is 5.17. The molecule has 7 nitrogen and oxygen atoms in total. The van der Waals surface area contributed by atoms with E-state index in [1.807, 2.05) is 29.8 Å². The molecule has 0 bridgehead atoms. The summed E-state index contributed by atoms with van der Waals surface area (Å²) in [6, 6.07) is 9.87. The van der Waals surface area contributed by atoms with Crippen molar-refractivity contribution in [1.29, 1.82) is 0 Å². The highest BCUT2D eigenvalue weighted by atomic mass is 16.2. The molecule has 1 unspecified atom stereocenters. The van der Waals surface area contributed by atoms with E-state index in [9.17, 15) is 9.59 Å². The third-order valence-electron chi connectivity index (χ3n) is 6.13. The number of amides is 3. The van der Waals surface area contributed by atoms with Crippen molar-refractivity contribution in [2.45, 2.75) is 37.8 Å². The highest BCUT2D eigenvalue weighted by Crippen LogP contribution is 2.36. The van der Waals surface area contributed by atoms with E-state index in [0.29, 0.717) is 6.42 Å². The van der Waals surface area contributed by atoms with Gasteiger partial charge in [-0.1, -0.05) is 30.3 Å². The van der Waals surface area contributed by atoms with Gasteiger partial charge in [-0.15, -0.1) is 0 Å². The Labute approximate surface area is 165 Å². The smallest absolute Gasteiger partial charge is 0.325 e. The van der Waals surface area contributed by atoms with E-state index < -0.39 is 5.54 Å². The molecule has 1 atom stereocenters. The van der Waals surface area contributed by atoms with E-state index in [2.05, 4.69) is 27.8 Å². The molecule has 2 aromatic rings. The Bertz CT molecular complexity index is 843. The molecule has 0 aliphatic carbocycles. The van der Waals surface area contributed by atoms with E-state index in [0.717, 1.165) is 38.0 Å². The number of imidazole rings is 1. The molecule has 2 aliphatic heterocycles. The van der Waals surface area contributed by atoms with Crippen LogP contribution in [-0.4, -0.2) is 45.0 Å². The fourth-order valence-corrected chi connectivity index (χ4v) is 4.44. The normalized spacial score (nSPS) is 23.2. The number of aryl methyl sites for hydroxylation is 2. The maximum Gasteiger partial charge on any atom is 0.325 e. The summed E-state index contributed by atoms with van der Waals surface area (Å²) in [5.74, 6) is 0.0481. The van der Waals surface area contributed by atoms with Crippen molar-refractivity contribution in [1.82, 2.24) is 25.1 Å². The molecule has 7 heteroatoms. The fourth-order valence-electron chi connectivity index (χ4n) is 4.44. The number of hydrogen-bond acceptors (Lipinski definition) is 4. The lowest BCUT2D eigenvalue weighted by atomic mass is 9.74. The Balaban J connectivity index is 1.60. The molecule has 0 radical (unpaired) electrons. The van der Waals surface area contributed by atoms with Crippen LogP contribution in [0.4, 0.5) is 4.79 Å². The van der Waals surface area contributed by atoms with Gasteiger partial charge in [-0.3, -0.25) is 9.69 Å². The van der Waals surface area contributed by atoms with Crippen LogP contribution in [0.2, 0.25) is 0 Å². The van der Waals surface area contributed by atoms with Gasteiger partial charge >= 0.3 is 6.03 Å². The average Bonchev–Trinajstić information content (AvgIpc) is 3.24. The van der Waals surface area contributed by atoms with Crippen molar-refractivity contribution < 1.29 is 9.59 Å². The first-order chi connectivity index (χ1) is 13.6. The lowest BCUT2D eigenvalue weighted by molar-refractivity contribution is -0.134. The molecular weight excluding hydrogens is 354 g/mol. The van der Waals surface area contributed by atoms with Gasteiger partial charge in [-0.25, -0.2) is 9.78 Å². The second-order valence-corrected chi connectivity index (χ2v) is 7.80. The maximum absolute atomic E-state index is 13.6. The Morgan fingerprint density at radius 1 is 1.18 bits per heavy atom. The average molecular weight is 381 g/mol. The predicted molar refractivity (Wildman–Crippen MR) is 105 cm³/mol. The van der Waals surface area contributed by atoms with Crippen molar-refractivity contribution in [2.75, 3.05) is 13.1 Å². The van der Waals surface area contributed by atoms with Gasteiger partial charge in [0.2, 0.25) is 0 Å². The van der Waals surface area contributed by atoms with Crippen molar-refractivity contribution in [2.24, 2.45) is 13.0 Å². The molecule has 4 rings (SSSR count). The van der Waals surface area contributed by atoms with Crippen molar-refractivity contribution >= 4 is 11.9 Å². The zero-order valence-corrected chi connectivity index (χ0v) is 16.2. The van der Waals surface area contributed by atoms with Gasteiger partial charge < -0.3 is 15.2 Å². The highest BCUT2D eigenvalue weighted by molar-refractivity contribution is 6.07. The number of rotatable bonds is 6. The van der Waals surface area contributed by atoms with Gasteiger partial charge in [-0.05, 0) is 50.3 Å². The molecule has 1 aromatic heterocycles. The van der Waals surface area contributed by atoms with Gasteiger partial charge in [0, 0.05) is 13.2 Å². The number of hydrogen-bond donors (Lipinski definition) is 2. The first-order valence-electron chi connectivity index (χ1n) is 9.94. The second kappa shape index (κ2) is 7.75. The van der Waals surface area contributed by atoms with Crippen LogP contribution in [0.1, 0.15) is 30.5 Å². The lowest BCUT2D eigenvalue weighted by Crippen LogP contribution is -2.56. The Morgan fingerprint density at radius 2 is 1.93 bits per heavy atom. The third kappa shape index (κ3) is 3.42. The van der Waals surface area contributed by atoms with Crippen LogP contribution < -0.4 is 10.6 Å². The number of carbonyl (C=O) groups is 2. The van der Waals surface area contributed by atoms with Gasteiger partial charge in [0.15, 0.2) is 0 Å². The highest BCUT2D eigenvalue weighted by Gasteiger charge is 2.55. The summed E-state index contributed by atoms with van der Waals surface area (Å²) < 4.78 is 1.84. The molecule has 2 saturated heterocycles. The topological polar surface area (TPSA) is 79.3 Å². The standard InChI is InChI=1S/C21H27N5O2/c1-25-15-23-13-18(25)14-26-19(27)21(24-20(26)28,17-8-11-22-12-9-17)10-7-16-5-3-2-4-6-16/h2-6,13,15,17,22H,7-12,14H2,1H3,(H,24,28). The van der Waals surface area contributed by atoms with Gasteiger partial charge in [0.1, 0.15) is 5.54 Å². The van der Waals surface area contributed by atoms with E-state index in [1.54, 1.807) is 12.5 Å². The van der Waals surface area contributed by atoms with E-state index >= 15 is 0 Å². The summed E-state index contributed by atoms with van der Waals surface area (Å²) in [5.41, 5.74) is 1.20. The van der Waals surface area contributed by atoms with E-state index in [4.69, 9.17) is 0 Å². The van der Waals surface area contributed by atoms with Crippen molar-refractivity contribution in [3.63, 3.8) is 0 Å². The van der Waals surface area contributed by atoms with E-state index in [1.165, 1.54) is 10.5 Å². The fraction of sp³-hybridized carbons (Fsp3) is 0.476. The summed E-state index contributed by atoms with van der Waals surface area (Å²) in [4.78, 5) is 31.9. The van der Waals surface area contributed by atoms with Crippen molar-refractivity contribution in [3.8, 4) is 0 Å². The predicted octanol–water partition coefficient (Wildman–Crippen LogP) is 1.84. The molecule has 2 aliphatic rings. The minimum absolute atomic E-state index is 0.0958. The van der Waals surface area contributed by atoms with Crippen LogP contribution in [0.3, 0.4) is 0 Å². The maximum atomic E-state index is 13.6. The number of aromatic nitrogens is 2. The number of nitrogens with one attached hydrogen (secondary N) is 2. The lowest BCUT2D eigenvalue weighted by Gasteiger charge is -2.38. The van der Waals surface area contributed by atoms with Crippen LogP contribution in [-0.2, 0) is 24.8 Å². The summed E-state index contributed by atoms with van der Waals surface area (Å²) >= 11 is 0. The van der Waals surface area contributed by atoms with E-state index in [-0.39, 0.29) is 24.4 Å². The molecule has 148 valence electrons. The Morgan fingerprint density at radius 3 is 2.61 bits per heavy atom. The molecule has 3 amide bonds. The van der Waals surface area contributed by atoms with Crippen LogP contribution >= 0.6 is 0 Å². The quantitative estimate of drug-likeness (QED) is 0.749. The van der Waals surface area contributed by atoms with Crippen LogP contribution in [0.5, 0.6) is 0 Å². The summed E-state index contributed by atoms with van der Waals surface area (Å²) in [6.07, 6.45) is 6.55. The molecule has 3 heterocycles. The number of benzene rings is 1. The molecule has 28 heavy (non-hydrogen) atoms. The molecular formula is C21H27N5O2. The summed E-state index contributed by atoms with van der Waals surface area (Å²) in [6.45, 7) is 2.00. The zero-order chi connectivity index (χ0) is 19.6. The first-order valence-corrected chi connectivity index (χ1v) is 9.94. The molecule has 0 spiro atoms. The minimum atomic E-state index is -0.826. The van der Waals surface area contributed by atoms with Gasteiger partial charge in [0.25, 0.3) is 5.91 Å². The summed E-state index contributed by atoms with van der Waals surface area (Å²) in [7, 11) is 1.87. The summed E-state index contributed by atoms with van der Waals surface area (Å²) in [5, 5.41) is 6.48. The molecule has 1 aromatic carbocycles. The number of nitrogens with zero attached hydrogens (tertiary/aromatic N) is 3. The monoisotopic (exact) mass is 381 g/mol. The number of urea groups is 1. The van der Waals surface area contributed by atoms with Crippen molar-refractivity contribution in [3.05, 3.63) is 54.1 Å². The Hall–Kier alpha value is -2.67. The van der Waals surface area contributed by atoms with Crippen LogP contribution in [0.25, 0.3) is 0 Å². The number of imide groups is 1. The van der Waals surface area contributed by atoms with Gasteiger partial charge in [-0.2, -0.15) is 0 Å². The third-order valence-corrected chi connectivity index (χ3v) is 6.13. The molecule has 2 N–H and O–H groups in total. The number of carbonyl (C=O) groups excluding carboxylic acids is 2. The molecule has 0 saturated carbocycles. The van der Waals surface area contributed by atoms with Gasteiger partial charge in [0.05, 0.1) is 18.6 Å².